The second kappa shape index (κ2) is 8.21. The van der Waals surface area contributed by atoms with Gasteiger partial charge in [-0.05, 0) is 36.4 Å². The molecule has 25 heavy (non-hydrogen) atoms. The lowest BCUT2D eigenvalue weighted by Crippen LogP contribution is -2.51. The molecule has 1 unspecified atom stereocenters. The number of nitrogens with zero attached hydrogens (tertiary/aromatic N) is 2. The van der Waals surface area contributed by atoms with Crippen molar-refractivity contribution in [3.8, 4) is 0 Å². The van der Waals surface area contributed by atoms with Gasteiger partial charge in [0.25, 0.3) is 0 Å². The fourth-order valence-corrected chi connectivity index (χ4v) is 3.39. The fourth-order valence-electron chi connectivity index (χ4n) is 2.69. The Morgan fingerprint density at radius 3 is 2.36 bits per heavy atom. The van der Waals surface area contributed by atoms with Gasteiger partial charge in [-0.2, -0.15) is 0 Å². The molecule has 1 heterocycles. The molecule has 2 aliphatic rings. The maximum absolute atomic E-state index is 10.9. The number of hydrogen-bond donors (Lipinski definition) is 5. The second-order valence-electron chi connectivity index (χ2n) is 5.92. The molecule has 1 aliphatic carbocycles. The van der Waals surface area contributed by atoms with Crippen LogP contribution in [0.2, 0.25) is 0 Å². The molecule has 8 nitrogen and oxygen atoms in total. The van der Waals surface area contributed by atoms with Gasteiger partial charge in [-0.15, -0.1) is 0 Å². The van der Waals surface area contributed by atoms with Crippen molar-refractivity contribution in [2.24, 2.45) is 0 Å². The second-order valence-corrected chi connectivity index (χ2v) is 6.92. The molecule has 0 bridgehead atoms. The molecule has 9 heteroatoms. The minimum atomic E-state index is -0.309. The van der Waals surface area contributed by atoms with E-state index in [0.29, 0.717) is 13.1 Å². The van der Waals surface area contributed by atoms with Crippen LogP contribution in [0.1, 0.15) is 13.8 Å². The Morgan fingerprint density at radius 1 is 1.16 bits per heavy atom. The first-order chi connectivity index (χ1) is 11.8. The van der Waals surface area contributed by atoms with Crippen LogP contribution >= 0.6 is 11.8 Å². The largest absolute Gasteiger partial charge is 0.349 e. The summed E-state index contributed by atoms with van der Waals surface area (Å²) >= 11 is 0.940. The van der Waals surface area contributed by atoms with E-state index >= 15 is 0 Å². The molecule has 1 saturated heterocycles. The van der Waals surface area contributed by atoms with Gasteiger partial charge in [0.05, 0.1) is 11.4 Å². The fraction of sp³-hybridized carbons (Fsp3) is 0.438. The topological polar surface area (TPSA) is 131 Å². The van der Waals surface area contributed by atoms with Gasteiger partial charge in [-0.1, -0.05) is 6.08 Å². The maximum Gasteiger partial charge on any atom is 0.222 e. The Hall–Kier alpha value is -2.26. The highest BCUT2D eigenvalue weighted by Gasteiger charge is 2.25. The van der Waals surface area contributed by atoms with Crippen molar-refractivity contribution in [2.45, 2.75) is 19.9 Å². The Bertz CT molecular complexity index is 674. The number of hydrogen-bond acceptors (Lipinski definition) is 7. The number of carbonyl (C=O) groups is 1. The quantitative estimate of drug-likeness (QED) is 0.288. The van der Waals surface area contributed by atoms with Crippen molar-refractivity contribution < 1.29 is 4.79 Å². The Labute approximate surface area is 151 Å². The third-order valence-corrected chi connectivity index (χ3v) is 4.92. The number of rotatable bonds is 2. The van der Waals surface area contributed by atoms with Crippen molar-refractivity contribution >= 4 is 39.4 Å². The van der Waals surface area contributed by atoms with Gasteiger partial charge in [0.15, 0.2) is 10.3 Å². The van der Waals surface area contributed by atoms with Crippen LogP contribution in [0.25, 0.3) is 0 Å². The van der Waals surface area contributed by atoms with Gasteiger partial charge in [-0.25, -0.2) is 0 Å². The molecule has 0 aromatic heterocycles. The summed E-state index contributed by atoms with van der Waals surface area (Å²) in [4.78, 5) is 15.1. The minimum Gasteiger partial charge on any atom is -0.349 e. The summed E-state index contributed by atoms with van der Waals surface area (Å²) in [6.45, 7) is 6.32. The van der Waals surface area contributed by atoms with Crippen molar-refractivity contribution in [3.05, 3.63) is 23.8 Å². The molecular formula is C16H23N7OS. The molecule has 1 atom stereocenters. The van der Waals surface area contributed by atoms with Crippen LogP contribution in [0.15, 0.2) is 23.8 Å². The van der Waals surface area contributed by atoms with E-state index < -0.39 is 0 Å². The summed E-state index contributed by atoms with van der Waals surface area (Å²) in [5, 5.41) is 33.7. The summed E-state index contributed by atoms with van der Waals surface area (Å²) in [6.07, 6.45) is 5.29. The lowest BCUT2D eigenvalue weighted by molar-refractivity contribution is -0.117. The van der Waals surface area contributed by atoms with E-state index in [2.05, 4.69) is 17.1 Å². The summed E-state index contributed by atoms with van der Waals surface area (Å²) in [5.74, 6) is -0.309. The number of carbonyl (C=O) groups excluding carboxylic acids is 1. The highest BCUT2D eigenvalue weighted by atomic mass is 32.2. The van der Waals surface area contributed by atoms with Gasteiger partial charge in [-0.3, -0.25) is 31.3 Å². The normalized spacial score (nSPS) is 19.4. The Morgan fingerprint density at radius 2 is 1.80 bits per heavy atom. The first-order valence-electron chi connectivity index (χ1n) is 7.96. The van der Waals surface area contributed by atoms with Crippen LogP contribution in [-0.4, -0.2) is 69.7 Å². The van der Waals surface area contributed by atoms with Crippen LogP contribution in [0.5, 0.6) is 0 Å². The summed E-state index contributed by atoms with van der Waals surface area (Å²) in [7, 11) is 0. The zero-order valence-electron chi connectivity index (χ0n) is 14.3. The average Bonchev–Trinajstić information content (AvgIpc) is 2.56. The van der Waals surface area contributed by atoms with Crippen molar-refractivity contribution in [1.82, 2.24) is 15.1 Å². The highest BCUT2D eigenvalue weighted by Crippen LogP contribution is 2.19. The standard InChI is InChI=1S/C16H23N7OS/c1-10(12-3-4-13(17)14(18)9-12)22-5-7-23(8-6-22)16(20)25-15(19)21-11(2)24/h3-4,9-10,17-18,20H,5-8H2,1-2H3,(H2,19,21,24). The molecule has 5 N–H and O–H groups in total. The lowest BCUT2D eigenvalue weighted by atomic mass is 9.97. The van der Waals surface area contributed by atoms with Gasteiger partial charge < -0.3 is 10.2 Å². The molecule has 0 saturated carbocycles. The molecular weight excluding hydrogens is 338 g/mol. The molecule has 1 aliphatic heterocycles. The summed E-state index contributed by atoms with van der Waals surface area (Å²) in [6, 6.07) is 0.145. The third kappa shape index (κ3) is 5.10. The summed E-state index contributed by atoms with van der Waals surface area (Å²) in [5.41, 5.74) is 1.48. The van der Waals surface area contributed by atoms with Gasteiger partial charge in [0, 0.05) is 39.1 Å². The first-order valence-corrected chi connectivity index (χ1v) is 8.78. The van der Waals surface area contributed by atoms with E-state index in [1.807, 2.05) is 11.0 Å². The van der Waals surface area contributed by atoms with E-state index in [-0.39, 0.29) is 33.7 Å². The lowest BCUT2D eigenvalue weighted by Gasteiger charge is -2.39. The van der Waals surface area contributed by atoms with E-state index in [1.54, 1.807) is 12.2 Å². The maximum atomic E-state index is 10.9. The molecule has 0 aromatic rings. The van der Waals surface area contributed by atoms with Crippen LogP contribution in [-0.2, 0) is 4.79 Å². The van der Waals surface area contributed by atoms with Crippen LogP contribution in [0, 0.1) is 21.6 Å². The highest BCUT2D eigenvalue weighted by molar-refractivity contribution is 8.26. The van der Waals surface area contributed by atoms with Gasteiger partial charge in [0.2, 0.25) is 5.91 Å². The van der Waals surface area contributed by atoms with E-state index in [4.69, 9.17) is 21.6 Å². The number of piperazine rings is 1. The van der Waals surface area contributed by atoms with Crippen molar-refractivity contribution in [3.63, 3.8) is 0 Å². The average molecular weight is 361 g/mol. The van der Waals surface area contributed by atoms with Crippen molar-refractivity contribution in [2.75, 3.05) is 26.2 Å². The van der Waals surface area contributed by atoms with E-state index in [9.17, 15) is 4.79 Å². The molecule has 134 valence electrons. The molecule has 1 fully saturated rings. The molecule has 1 amide bonds. The number of amides is 1. The molecule has 0 spiro atoms. The number of thioether (sulfide) groups is 1. The summed E-state index contributed by atoms with van der Waals surface area (Å²) < 4.78 is 0. The van der Waals surface area contributed by atoms with Crippen LogP contribution in [0.4, 0.5) is 0 Å². The van der Waals surface area contributed by atoms with Gasteiger partial charge >= 0.3 is 0 Å². The van der Waals surface area contributed by atoms with Gasteiger partial charge in [0.1, 0.15) is 0 Å². The SMILES string of the molecule is CC(=O)NC(=N)SC(=N)N1CCN(C(C)C2=CC(=N)C(=N)C=C2)CC1. The van der Waals surface area contributed by atoms with E-state index in [0.717, 1.165) is 30.4 Å². The smallest absolute Gasteiger partial charge is 0.222 e. The number of nitrogens with one attached hydrogen (secondary N) is 5. The predicted octanol–water partition coefficient (Wildman–Crippen LogP) is 1.27. The predicted molar refractivity (Wildman–Crippen MR) is 102 cm³/mol. The molecule has 2 rings (SSSR count). The number of allylic oxidation sites excluding steroid dienone is 2. The minimum absolute atomic E-state index is 0.0354. The van der Waals surface area contributed by atoms with E-state index in [1.165, 1.54) is 6.92 Å². The third-order valence-electron chi connectivity index (χ3n) is 4.16. The zero-order valence-corrected chi connectivity index (χ0v) is 15.2. The first kappa shape index (κ1) is 19.1. The zero-order chi connectivity index (χ0) is 18.6. The Kier molecular flexibility index (Phi) is 6.27. The van der Waals surface area contributed by atoms with Crippen LogP contribution < -0.4 is 5.32 Å². The van der Waals surface area contributed by atoms with Crippen molar-refractivity contribution in [1.29, 1.82) is 21.6 Å². The van der Waals surface area contributed by atoms with Crippen LogP contribution in [0.3, 0.4) is 0 Å². The molecule has 0 radical (unpaired) electrons. The number of amidine groups is 2. The Balaban J connectivity index is 1.86. The molecule has 0 aromatic carbocycles. The monoisotopic (exact) mass is 361 g/mol.